The molecule has 3 nitrogen and oxygen atoms in total. The van der Waals surface area contributed by atoms with Gasteiger partial charge in [-0.25, -0.2) is 0 Å². The van der Waals surface area contributed by atoms with Crippen molar-refractivity contribution >= 4 is 23.0 Å². The van der Waals surface area contributed by atoms with Crippen molar-refractivity contribution in [3.8, 4) is 0 Å². The van der Waals surface area contributed by atoms with Gasteiger partial charge in [0.25, 0.3) is 0 Å². The molecule has 18 heavy (non-hydrogen) atoms. The minimum atomic E-state index is 0.667. The van der Waals surface area contributed by atoms with Crippen LogP contribution in [-0.2, 0) is 6.54 Å². The summed E-state index contributed by atoms with van der Waals surface area (Å²) < 4.78 is 2.68. The highest BCUT2D eigenvalue weighted by atomic mass is 32.1. The number of aromatic nitrogens is 3. The third-order valence-corrected chi connectivity index (χ3v) is 3.47. The van der Waals surface area contributed by atoms with Crippen LogP contribution in [0.15, 0.2) is 42.5 Å². The van der Waals surface area contributed by atoms with Crippen molar-refractivity contribution in [3.05, 3.63) is 58.6 Å². The van der Waals surface area contributed by atoms with Crippen molar-refractivity contribution in [1.82, 2.24) is 14.8 Å². The van der Waals surface area contributed by atoms with Gasteiger partial charge < -0.3 is 0 Å². The molecule has 0 aliphatic carbocycles. The Bertz CT molecular complexity index is 750. The van der Waals surface area contributed by atoms with E-state index in [-0.39, 0.29) is 0 Å². The van der Waals surface area contributed by atoms with E-state index >= 15 is 0 Å². The van der Waals surface area contributed by atoms with E-state index in [9.17, 15) is 0 Å². The van der Waals surface area contributed by atoms with Crippen molar-refractivity contribution in [1.29, 1.82) is 0 Å². The molecule has 0 atom stereocenters. The molecule has 0 fully saturated rings. The van der Waals surface area contributed by atoms with Crippen LogP contribution in [0.2, 0.25) is 0 Å². The molecule has 90 valence electrons. The van der Waals surface area contributed by atoms with Crippen molar-refractivity contribution < 1.29 is 0 Å². The number of rotatable bonds is 2. The number of aryl methyl sites for hydroxylation is 1. The molecule has 1 heterocycles. The van der Waals surface area contributed by atoms with E-state index in [0.29, 0.717) is 4.77 Å². The number of benzene rings is 2. The lowest BCUT2D eigenvalue weighted by molar-refractivity contribution is 0.755. The van der Waals surface area contributed by atoms with Gasteiger partial charge in [-0.2, -0.15) is 5.10 Å². The van der Waals surface area contributed by atoms with Gasteiger partial charge in [-0.05, 0) is 35.5 Å². The Hall–Kier alpha value is -1.94. The van der Waals surface area contributed by atoms with E-state index in [1.165, 1.54) is 16.3 Å². The molecule has 1 N–H and O–H groups in total. The number of hydrogen-bond acceptors (Lipinski definition) is 2. The van der Waals surface area contributed by atoms with Crippen LogP contribution in [0.3, 0.4) is 0 Å². The molecular formula is C14H13N3S. The first-order valence-corrected chi connectivity index (χ1v) is 6.25. The Labute approximate surface area is 110 Å². The van der Waals surface area contributed by atoms with Gasteiger partial charge in [-0.1, -0.05) is 42.5 Å². The number of nitrogens with one attached hydrogen (secondary N) is 1. The fourth-order valence-electron chi connectivity index (χ4n) is 2.18. The second-order valence-electron chi connectivity index (χ2n) is 4.30. The fraction of sp³-hybridized carbons (Fsp3) is 0.143. The molecule has 2 aromatic carbocycles. The molecule has 3 rings (SSSR count). The smallest absolute Gasteiger partial charge is 0.195 e. The average molecular weight is 255 g/mol. The summed E-state index contributed by atoms with van der Waals surface area (Å²) in [7, 11) is 0. The van der Waals surface area contributed by atoms with E-state index in [2.05, 4.69) is 52.7 Å². The van der Waals surface area contributed by atoms with Crippen molar-refractivity contribution in [2.45, 2.75) is 13.5 Å². The van der Waals surface area contributed by atoms with Crippen molar-refractivity contribution in [2.75, 3.05) is 0 Å². The highest BCUT2D eigenvalue weighted by Gasteiger charge is 2.05. The maximum atomic E-state index is 5.24. The molecule has 0 saturated carbocycles. The van der Waals surface area contributed by atoms with Gasteiger partial charge in [0.1, 0.15) is 5.82 Å². The monoisotopic (exact) mass is 255 g/mol. The lowest BCUT2D eigenvalue weighted by atomic mass is 10.0. The van der Waals surface area contributed by atoms with Crippen LogP contribution in [0.5, 0.6) is 0 Å². The average Bonchev–Trinajstić information content (AvgIpc) is 2.71. The lowest BCUT2D eigenvalue weighted by Gasteiger charge is -2.08. The predicted octanol–water partition coefficient (Wildman–Crippen LogP) is 3.45. The highest BCUT2D eigenvalue weighted by Crippen LogP contribution is 2.19. The Morgan fingerprint density at radius 3 is 2.72 bits per heavy atom. The fourth-order valence-corrected chi connectivity index (χ4v) is 2.43. The molecule has 0 aliphatic heterocycles. The largest absolute Gasteiger partial charge is 0.300 e. The summed E-state index contributed by atoms with van der Waals surface area (Å²) >= 11 is 5.24. The molecule has 3 aromatic rings. The quantitative estimate of drug-likeness (QED) is 0.712. The molecule has 4 heteroatoms. The maximum absolute atomic E-state index is 5.24. The van der Waals surface area contributed by atoms with Crippen LogP contribution < -0.4 is 0 Å². The maximum Gasteiger partial charge on any atom is 0.195 e. The van der Waals surface area contributed by atoms with Crippen LogP contribution in [0.25, 0.3) is 10.8 Å². The van der Waals surface area contributed by atoms with E-state index in [1.807, 2.05) is 11.5 Å². The van der Waals surface area contributed by atoms with Gasteiger partial charge >= 0.3 is 0 Å². The van der Waals surface area contributed by atoms with Gasteiger partial charge in [0.2, 0.25) is 0 Å². The van der Waals surface area contributed by atoms with E-state index in [1.54, 1.807) is 0 Å². The zero-order valence-electron chi connectivity index (χ0n) is 10.1. The molecule has 0 amide bonds. The molecule has 0 unspecified atom stereocenters. The minimum Gasteiger partial charge on any atom is -0.300 e. The summed E-state index contributed by atoms with van der Waals surface area (Å²) in [5, 5.41) is 9.48. The summed E-state index contributed by atoms with van der Waals surface area (Å²) in [6, 6.07) is 14.7. The summed E-state index contributed by atoms with van der Waals surface area (Å²) in [6.45, 7) is 2.71. The molecule has 0 aliphatic rings. The number of hydrogen-bond donors (Lipinski definition) is 1. The Balaban J connectivity index is 2.13. The summed E-state index contributed by atoms with van der Waals surface area (Å²) in [5.41, 5.74) is 1.26. The predicted molar refractivity (Wildman–Crippen MR) is 75.2 cm³/mol. The molecule has 0 spiro atoms. The topological polar surface area (TPSA) is 33.6 Å². The van der Waals surface area contributed by atoms with E-state index in [4.69, 9.17) is 12.2 Å². The number of aromatic amines is 1. The first kappa shape index (κ1) is 11.2. The van der Waals surface area contributed by atoms with Gasteiger partial charge in [0.05, 0.1) is 6.54 Å². The molecule has 0 radical (unpaired) electrons. The van der Waals surface area contributed by atoms with Crippen LogP contribution in [0.4, 0.5) is 0 Å². The molecule has 0 bridgehead atoms. The second kappa shape index (κ2) is 4.38. The van der Waals surface area contributed by atoms with Gasteiger partial charge in [0, 0.05) is 0 Å². The van der Waals surface area contributed by atoms with Crippen LogP contribution >= 0.6 is 12.2 Å². The number of nitrogens with zero attached hydrogens (tertiary/aromatic N) is 2. The summed E-state index contributed by atoms with van der Waals surface area (Å²) in [4.78, 5) is 0. The molecule has 1 aromatic heterocycles. The first-order valence-electron chi connectivity index (χ1n) is 5.84. The first-order chi connectivity index (χ1) is 8.75. The zero-order chi connectivity index (χ0) is 12.5. The van der Waals surface area contributed by atoms with Crippen LogP contribution in [-0.4, -0.2) is 14.8 Å². The van der Waals surface area contributed by atoms with Crippen molar-refractivity contribution in [3.63, 3.8) is 0 Å². The SMILES string of the molecule is Cc1n[nH]c(=S)n1Cc1cccc2ccccc12. The Morgan fingerprint density at radius 2 is 1.94 bits per heavy atom. The third-order valence-electron chi connectivity index (χ3n) is 3.16. The summed E-state index contributed by atoms with van der Waals surface area (Å²) in [5.74, 6) is 0.910. The molecular weight excluding hydrogens is 242 g/mol. The van der Waals surface area contributed by atoms with Gasteiger partial charge in [0.15, 0.2) is 4.77 Å². The van der Waals surface area contributed by atoms with Gasteiger partial charge in [-0.3, -0.25) is 9.67 Å². The normalized spacial score (nSPS) is 10.9. The third kappa shape index (κ3) is 1.84. The molecule has 0 saturated heterocycles. The van der Waals surface area contributed by atoms with E-state index < -0.39 is 0 Å². The van der Waals surface area contributed by atoms with Crippen LogP contribution in [0.1, 0.15) is 11.4 Å². The summed E-state index contributed by atoms with van der Waals surface area (Å²) in [6.07, 6.45) is 0. The zero-order valence-corrected chi connectivity index (χ0v) is 10.9. The Kier molecular flexibility index (Phi) is 2.72. The van der Waals surface area contributed by atoms with Crippen molar-refractivity contribution in [2.24, 2.45) is 0 Å². The lowest BCUT2D eigenvalue weighted by Crippen LogP contribution is -2.02. The highest BCUT2D eigenvalue weighted by molar-refractivity contribution is 7.71. The van der Waals surface area contributed by atoms with Gasteiger partial charge in [-0.15, -0.1) is 0 Å². The Morgan fingerprint density at radius 1 is 1.17 bits per heavy atom. The van der Waals surface area contributed by atoms with Crippen LogP contribution in [0, 0.1) is 11.7 Å². The van der Waals surface area contributed by atoms with E-state index in [0.717, 1.165) is 12.4 Å². The number of fused-ring (bicyclic) bond motifs is 1. The minimum absolute atomic E-state index is 0.667. The number of H-pyrrole nitrogens is 1. The standard InChI is InChI=1S/C14H13N3S/c1-10-15-16-14(18)17(10)9-12-7-4-6-11-5-2-3-8-13(11)12/h2-8H,9H2,1H3,(H,16,18). The second-order valence-corrected chi connectivity index (χ2v) is 4.69.